The van der Waals surface area contributed by atoms with Gasteiger partial charge in [0.15, 0.2) is 0 Å². The maximum absolute atomic E-state index is 12.3. The first kappa shape index (κ1) is 15.4. The van der Waals surface area contributed by atoms with Crippen molar-refractivity contribution in [3.8, 4) is 5.69 Å². The topological polar surface area (TPSA) is 76.8 Å². The fourth-order valence-corrected chi connectivity index (χ4v) is 2.77. The van der Waals surface area contributed by atoms with E-state index < -0.39 is 0 Å². The second kappa shape index (κ2) is 6.43. The third-order valence-corrected chi connectivity index (χ3v) is 4.16. The highest BCUT2D eigenvalue weighted by Gasteiger charge is 2.24. The molecule has 0 unspecified atom stereocenters. The van der Waals surface area contributed by atoms with Crippen LogP contribution in [0, 0.1) is 5.92 Å². The van der Waals surface area contributed by atoms with Gasteiger partial charge in [-0.05, 0) is 37.3 Å². The monoisotopic (exact) mass is 336 g/mol. The number of carbonyl (C=O) groups is 1. The fourth-order valence-electron chi connectivity index (χ4n) is 2.77. The Morgan fingerprint density at radius 2 is 2.04 bits per heavy atom. The molecule has 2 aromatic heterocycles. The minimum Gasteiger partial charge on any atom is -0.305 e. The molecule has 1 aromatic carbocycles. The number of anilines is 2. The Bertz CT molecular complexity index is 878. The molecule has 7 heteroatoms. The van der Waals surface area contributed by atoms with Crippen LogP contribution in [-0.2, 0) is 13.5 Å². The number of para-hydroxylation sites is 1. The van der Waals surface area contributed by atoms with Gasteiger partial charge in [0, 0.05) is 19.3 Å². The molecule has 128 valence electrons. The van der Waals surface area contributed by atoms with Gasteiger partial charge in [-0.25, -0.2) is 9.48 Å². The van der Waals surface area contributed by atoms with E-state index in [1.807, 2.05) is 36.4 Å². The van der Waals surface area contributed by atoms with E-state index in [2.05, 4.69) is 20.8 Å². The molecule has 0 spiro atoms. The van der Waals surface area contributed by atoms with E-state index in [1.54, 1.807) is 28.8 Å². The molecule has 0 aliphatic heterocycles. The summed E-state index contributed by atoms with van der Waals surface area (Å²) in [6, 6.07) is 11.4. The quantitative estimate of drug-likeness (QED) is 0.751. The molecule has 3 aromatic rings. The highest BCUT2D eigenvalue weighted by atomic mass is 16.2. The minimum absolute atomic E-state index is 0.317. The molecule has 1 saturated carbocycles. The number of carbonyl (C=O) groups excluding carboxylic acids is 1. The number of rotatable bonds is 5. The predicted molar refractivity (Wildman–Crippen MR) is 95.8 cm³/mol. The summed E-state index contributed by atoms with van der Waals surface area (Å²) in [6.45, 7) is 0. The number of urea groups is 1. The summed E-state index contributed by atoms with van der Waals surface area (Å²) in [5, 5.41) is 14.4. The molecule has 25 heavy (non-hydrogen) atoms. The highest BCUT2D eigenvalue weighted by Crippen LogP contribution is 2.33. The van der Waals surface area contributed by atoms with Gasteiger partial charge < -0.3 is 5.32 Å². The summed E-state index contributed by atoms with van der Waals surface area (Å²) >= 11 is 0. The lowest BCUT2D eigenvalue weighted by molar-refractivity contribution is 0.262. The van der Waals surface area contributed by atoms with Crippen LogP contribution < -0.4 is 10.6 Å². The van der Waals surface area contributed by atoms with Crippen LogP contribution in [0.25, 0.3) is 5.69 Å². The van der Waals surface area contributed by atoms with Crippen LogP contribution in [0.4, 0.5) is 16.3 Å². The molecule has 2 amide bonds. The average Bonchev–Trinajstić information content (AvgIpc) is 3.19. The van der Waals surface area contributed by atoms with Crippen molar-refractivity contribution in [2.45, 2.75) is 19.3 Å². The van der Waals surface area contributed by atoms with Crippen molar-refractivity contribution in [1.29, 1.82) is 0 Å². The second-order valence-electron chi connectivity index (χ2n) is 6.40. The van der Waals surface area contributed by atoms with Gasteiger partial charge in [0.2, 0.25) is 0 Å². The summed E-state index contributed by atoms with van der Waals surface area (Å²) < 4.78 is 3.41. The molecule has 2 N–H and O–H groups in total. The Kier molecular flexibility index (Phi) is 3.97. The normalized spacial score (nSPS) is 13.6. The van der Waals surface area contributed by atoms with Crippen molar-refractivity contribution < 1.29 is 4.79 Å². The first-order valence-electron chi connectivity index (χ1n) is 8.38. The molecule has 2 heterocycles. The molecule has 1 aliphatic carbocycles. The number of aryl methyl sites for hydroxylation is 1. The van der Waals surface area contributed by atoms with Gasteiger partial charge in [-0.2, -0.15) is 10.2 Å². The second-order valence-corrected chi connectivity index (χ2v) is 6.40. The Labute approximate surface area is 145 Å². The SMILES string of the molecule is Cn1cc(NC(=O)Nc2cc(CC3CC3)nn2-c2ccccc2)cn1. The molecule has 0 atom stereocenters. The van der Waals surface area contributed by atoms with E-state index in [0.717, 1.165) is 23.7 Å². The summed E-state index contributed by atoms with van der Waals surface area (Å²) in [7, 11) is 1.80. The van der Waals surface area contributed by atoms with Gasteiger partial charge in [-0.15, -0.1) is 0 Å². The third-order valence-electron chi connectivity index (χ3n) is 4.16. The number of hydrogen-bond donors (Lipinski definition) is 2. The molecule has 0 radical (unpaired) electrons. The Morgan fingerprint density at radius 1 is 1.24 bits per heavy atom. The third kappa shape index (κ3) is 3.71. The number of hydrogen-bond acceptors (Lipinski definition) is 3. The number of amides is 2. The number of aromatic nitrogens is 4. The lowest BCUT2D eigenvalue weighted by Crippen LogP contribution is -2.21. The Balaban J connectivity index is 1.56. The summed E-state index contributed by atoms with van der Waals surface area (Å²) in [5.74, 6) is 1.39. The summed E-state index contributed by atoms with van der Waals surface area (Å²) in [4.78, 5) is 12.3. The van der Waals surface area contributed by atoms with E-state index >= 15 is 0 Å². The fraction of sp³-hybridized carbons (Fsp3) is 0.278. The number of nitrogens with one attached hydrogen (secondary N) is 2. The van der Waals surface area contributed by atoms with Crippen LogP contribution in [0.5, 0.6) is 0 Å². The Hall–Kier alpha value is -3.09. The van der Waals surface area contributed by atoms with Crippen LogP contribution in [-0.4, -0.2) is 25.6 Å². The predicted octanol–water partition coefficient (Wildman–Crippen LogP) is 3.20. The maximum atomic E-state index is 12.3. The molecular weight excluding hydrogens is 316 g/mol. The maximum Gasteiger partial charge on any atom is 0.324 e. The molecule has 1 fully saturated rings. The number of nitrogens with zero attached hydrogens (tertiary/aromatic N) is 4. The molecule has 0 saturated heterocycles. The summed E-state index contributed by atoms with van der Waals surface area (Å²) in [6.07, 6.45) is 6.84. The lowest BCUT2D eigenvalue weighted by Gasteiger charge is -2.09. The summed E-state index contributed by atoms with van der Waals surface area (Å²) in [5.41, 5.74) is 2.56. The van der Waals surface area contributed by atoms with Crippen LogP contribution in [0.1, 0.15) is 18.5 Å². The van der Waals surface area contributed by atoms with Crippen molar-refractivity contribution >= 4 is 17.5 Å². The molecule has 4 rings (SSSR count). The van der Waals surface area contributed by atoms with Crippen LogP contribution in [0.2, 0.25) is 0 Å². The van der Waals surface area contributed by atoms with E-state index in [9.17, 15) is 4.79 Å². The smallest absolute Gasteiger partial charge is 0.305 e. The standard InChI is InChI=1S/C18H20N6O/c1-23-12-15(11-19-23)20-18(25)21-17-10-14(9-13-7-8-13)22-24(17)16-5-3-2-4-6-16/h2-6,10-13H,7-9H2,1H3,(H2,20,21,25). The van der Waals surface area contributed by atoms with Crippen molar-refractivity contribution in [2.24, 2.45) is 13.0 Å². The van der Waals surface area contributed by atoms with Gasteiger partial charge in [-0.3, -0.25) is 10.00 Å². The number of benzene rings is 1. The van der Waals surface area contributed by atoms with Crippen molar-refractivity contribution in [3.63, 3.8) is 0 Å². The zero-order valence-electron chi connectivity index (χ0n) is 14.0. The first-order chi connectivity index (χ1) is 12.2. The molecule has 7 nitrogen and oxygen atoms in total. The van der Waals surface area contributed by atoms with Gasteiger partial charge in [0.25, 0.3) is 0 Å². The van der Waals surface area contributed by atoms with Gasteiger partial charge in [0.1, 0.15) is 5.82 Å². The molecule has 1 aliphatic rings. The lowest BCUT2D eigenvalue weighted by atomic mass is 10.2. The molecule has 0 bridgehead atoms. The van der Waals surface area contributed by atoms with E-state index in [-0.39, 0.29) is 6.03 Å². The van der Waals surface area contributed by atoms with E-state index in [0.29, 0.717) is 11.5 Å². The van der Waals surface area contributed by atoms with E-state index in [4.69, 9.17) is 0 Å². The van der Waals surface area contributed by atoms with Crippen molar-refractivity contribution in [3.05, 3.63) is 54.5 Å². The largest absolute Gasteiger partial charge is 0.324 e. The van der Waals surface area contributed by atoms with Gasteiger partial charge >= 0.3 is 6.03 Å². The zero-order valence-corrected chi connectivity index (χ0v) is 14.0. The Morgan fingerprint density at radius 3 is 2.72 bits per heavy atom. The van der Waals surface area contributed by atoms with E-state index in [1.165, 1.54) is 12.8 Å². The highest BCUT2D eigenvalue weighted by molar-refractivity contribution is 5.99. The minimum atomic E-state index is -0.317. The zero-order chi connectivity index (χ0) is 17.2. The van der Waals surface area contributed by atoms with Crippen molar-refractivity contribution in [1.82, 2.24) is 19.6 Å². The van der Waals surface area contributed by atoms with Gasteiger partial charge in [0.05, 0.1) is 23.3 Å². The molecular formula is C18H20N6O. The first-order valence-corrected chi connectivity index (χ1v) is 8.38. The van der Waals surface area contributed by atoms with Crippen molar-refractivity contribution in [2.75, 3.05) is 10.6 Å². The van der Waals surface area contributed by atoms with Crippen LogP contribution in [0.15, 0.2) is 48.8 Å². The van der Waals surface area contributed by atoms with Crippen LogP contribution >= 0.6 is 0 Å². The average molecular weight is 336 g/mol. The van der Waals surface area contributed by atoms with Crippen LogP contribution in [0.3, 0.4) is 0 Å². The van der Waals surface area contributed by atoms with Gasteiger partial charge in [-0.1, -0.05) is 18.2 Å².